The van der Waals surface area contributed by atoms with Gasteiger partial charge in [-0.1, -0.05) is 39.3 Å². The fourth-order valence-electron chi connectivity index (χ4n) is 1.82. The molecule has 0 aliphatic carbocycles. The van der Waals surface area contributed by atoms with E-state index in [9.17, 15) is 63.0 Å². The number of carbonyl (C=O) groups excluding carboxylic acids is 9. The number of rotatable bonds is 25. The molecule has 22 nitrogen and oxygen atoms in total. The molecule has 0 rings (SSSR count). The Morgan fingerprint density at radius 2 is 0.937 bits per heavy atom. The number of Topliss-reactive ketones (excluding diaryl/α,β-unsaturated/α-hetero) is 4. The van der Waals surface area contributed by atoms with E-state index in [4.69, 9.17) is 21.1 Å². The zero-order valence-electron chi connectivity index (χ0n) is 36.1. The van der Waals surface area contributed by atoms with E-state index < -0.39 is 23.9 Å². The van der Waals surface area contributed by atoms with Crippen LogP contribution in [-0.2, 0) is 52.7 Å². The quantitative estimate of drug-likeness (QED) is 0.0182. The summed E-state index contributed by atoms with van der Waals surface area (Å²) in [6.45, 7) is 6.82. The van der Waals surface area contributed by atoms with Crippen molar-refractivity contribution in [1.82, 2.24) is 21.3 Å². The van der Waals surface area contributed by atoms with Crippen LogP contribution in [0.5, 0.6) is 0 Å². The SMILES string of the molecule is C.CC(=O)CN.CC(=O)CNC(=O)CBr.CC(=O)CNC(=O)CSCC(C)=O.CO.O=C(Br)CBr.O=C(O)CNCCSCC(=O)O.O=C([O-])CNCCSCC(=O)[O-].[K+].[K+].[K+].[OH-]. The normalized spacial score (nSPS) is 8.16. The van der Waals surface area contributed by atoms with Crippen LogP contribution in [0.3, 0.4) is 0 Å². The Balaban J connectivity index is -0.0000000497. The Morgan fingerprint density at radius 1 is 0.556 bits per heavy atom. The first-order valence-corrected chi connectivity index (χ1v) is 22.4. The topological polar surface area (TPSA) is 399 Å². The number of carboxylic acid groups (broad SMARTS) is 4. The van der Waals surface area contributed by atoms with E-state index in [-0.39, 0.29) is 262 Å². The molecular formula is C32H59Br3K3N5O17S3. The molecular weight excluding hydrogens is 1180 g/mol. The van der Waals surface area contributed by atoms with Crippen molar-refractivity contribution in [2.45, 2.75) is 35.1 Å². The number of carbonyl (C=O) groups is 11. The van der Waals surface area contributed by atoms with Crippen LogP contribution in [0.2, 0.25) is 0 Å². The number of nitrogens with two attached hydrogens (primary N) is 1. The van der Waals surface area contributed by atoms with E-state index in [0.29, 0.717) is 35.7 Å². The van der Waals surface area contributed by atoms with Crippen molar-refractivity contribution < 1.29 is 238 Å². The Bertz CT molecular complexity index is 1130. The van der Waals surface area contributed by atoms with Crippen LogP contribution in [-0.4, -0.2) is 182 Å². The van der Waals surface area contributed by atoms with Gasteiger partial charge in [0.15, 0.2) is 0 Å². The number of aliphatic carboxylic acids is 4. The van der Waals surface area contributed by atoms with Crippen LogP contribution in [0.15, 0.2) is 0 Å². The first kappa shape index (κ1) is 95.1. The first-order chi connectivity index (χ1) is 27.0. The van der Waals surface area contributed by atoms with E-state index in [2.05, 4.69) is 69.1 Å². The molecule has 0 radical (unpaired) electrons. The number of hydrogen-bond donors (Lipinski definition) is 8. The molecule has 0 aliphatic rings. The number of carboxylic acids is 4. The van der Waals surface area contributed by atoms with Crippen LogP contribution in [0, 0.1) is 0 Å². The number of alkyl halides is 2. The van der Waals surface area contributed by atoms with E-state index in [1.165, 1.54) is 63.0 Å². The summed E-state index contributed by atoms with van der Waals surface area (Å²) in [6.07, 6.45) is 0. The minimum absolute atomic E-state index is 0. The number of ketones is 4. The molecule has 0 aliphatic heterocycles. The molecule has 0 bridgehead atoms. The van der Waals surface area contributed by atoms with Crippen LogP contribution in [0.4, 0.5) is 0 Å². The van der Waals surface area contributed by atoms with Crippen LogP contribution < -0.4 is 191 Å². The number of nitrogens with one attached hydrogen (secondary N) is 4. The predicted octanol–water partition coefficient (Wildman–Crippen LogP) is -11.7. The third kappa shape index (κ3) is 139. The summed E-state index contributed by atoms with van der Waals surface area (Å²) in [6, 6.07) is 0. The van der Waals surface area contributed by atoms with Gasteiger partial charge in [-0.3, -0.25) is 43.2 Å². The predicted molar refractivity (Wildman–Crippen MR) is 239 cm³/mol. The second kappa shape index (κ2) is 78.5. The Morgan fingerprint density at radius 3 is 1.22 bits per heavy atom. The minimum atomic E-state index is -1.17. The standard InChI is InChI=1S/C8H13NO3S.2C6H11NO4S.C5H8BrNO2.C3H7NO.C2H2Br2O.CH4O.CH4.3K.H2O/c1-6(10)3-9-8(12)5-13-4-7(2)11;2*8-5(9)3-7-1-2-12-4-6(10)11;1-4(8)3-7-5(9)2-6;1-3(5)2-4;3-1-2(4)5;1-2;;;;;/h3-5H2,1-2H3,(H,9,12);2*7H,1-4H2,(H,8,9)(H,10,11);2-3H2,1H3,(H,7,9);2,4H2,1H3;1H2;2H,1H3;1H4;;;;1H2/q;;;;;;;;3*+1;/p-3. The van der Waals surface area contributed by atoms with Gasteiger partial charge in [0, 0.05) is 44.0 Å². The van der Waals surface area contributed by atoms with Crippen molar-refractivity contribution in [3.05, 3.63) is 0 Å². The van der Waals surface area contributed by atoms with Gasteiger partial charge in [-0.05, 0) is 43.6 Å². The van der Waals surface area contributed by atoms with Crippen molar-refractivity contribution in [3.63, 3.8) is 0 Å². The van der Waals surface area contributed by atoms with Crippen LogP contribution in [0.1, 0.15) is 35.1 Å². The maximum atomic E-state index is 10.9. The van der Waals surface area contributed by atoms with Crippen LogP contribution in [0.25, 0.3) is 0 Å². The fraction of sp³-hybridized carbons (Fsp3) is 0.656. The maximum Gasteiger partial charge on any atom is 1.00 e. The van der Waals surface area contributed by atoms with Gasteiger partial charge in [-0.15, -0.1) is 23.5 Å². The van der Waals surface area contributed by atoms with Gasteiger partial charge < -0.3 is 67.6 Å². The molecule has 0 saturated heterocycles. The summed E-state index contributed by atoms with van der Waals surface area (Å²) in [5, 5.41) is 53.8. The summed E-state index contributed by atoms with van der Waals surface area (Å²) in [7, 11) is 1.00. The van der Waals surface area contributed by atoms with Gasteiger partial charge in [0.05, 0.1) is 66.0 Å². The van der Waals surface area contributed by atoms with Crippen molar-refractivity contribution in [3.8, 4) is 0 Å². The number of aliphatic hydroxyl groups excluding tert-OH is 1. The van der Waals surface area contributed by atoms with Crippen molar-refractivity contribution >= 4 is 147 Å². The van der Waals surface area contributed by atoms with Gasteiger partial charge in [0.2, 0.25) is 16.5 Å². The van der Waals surface area contributed by atoms with E-state index in [0.717, 1.165) is 7.11 Å². The zero-order chi connectivity index (χ0) is 46.9. The third-order valence-corrected chi connectivity index (χ3v) is 8.96. The largest absolute Gasteiger partial charge is 1.00 e. The van der Waals surface area contributed by atoms with Gasteiger partial charge >= 0.3 is 166 Å². The molecule has 0 spiro atoms. The Hall–Kier alpha value is 2.37. The first-order valence-electron chi connectivity index (χ1n) is 15.9. The van der Waals surface area contributed by atoms with Gasteiger partial charge in [0.25, 0.3) is 0 Å². The van der Waals surface area contributed by atoms with E-state index >= 15 is 0 Å². The molecule has 63 heavy (non-hydrogen) atoms. The molecule has 0 saturated carbocycles. The fourth-order valence-corrected chi connectivity index (χ4v) is 3.90. The Kier molecular flexibility index (Phi) is 119. The number of thioether (sulfide) groups is 3. The number of amides is 2. The summed E-state index contributed by atoms with van der Waals surface area (Å²) >= 11 is 12.2. The summed E-state index contributed by atoms with van der Waals surface area (Å²) in [5.74, 6) is -2.71. The third-order valence-electron chi connectivity index (χ3n) is 3.96. The average Bonchev–Trinajstić information content (AvgIpc) is 3.14. The molecule has 0 heterocycles. The maximum absolute atomic E-state index is 10.9. The number of hydrogen-bond acceptors (Lipinski definition) is 21. The molecule has 0 aromatic rings. The van der Waals surface area contributed by atoms with Gasteiger partial charge in [-0.25, -0.2) is 0 Å². The van der Waals surface area contributed by atoms with E-state index in [1.807, 2.05) is 0 Å². The minimum Gasteiger partial charge on any atom is -0.870 e. The summed E-state index contributed by atoms with van der Waals surface area (Å²) < 4.78 is -0.0162. The van der Waals surface area contributed by atoms with E-state index in [1.54, 1.807) is 0 Å². The molecule has 356 valence electrons. The molecule has 10 N–H and O–H groups in total. The smallest absolute Gasteiger partial charge is 0.870 e. The van der Waals surface area contributed by atoms with Gasteiger partial charge in [-0.2, -0.15) is 11.8 Å². The summed E-state index contributed by atoms with van der Waals surface area (Å²) in [4.78, 5) is 112. The molecule has 0 atom stereocenters. The molecule has 0 aromatic carbocycles. The molecule has 0 unspecified atom stereocenters. The molecule has 0 fully saturated rings. The molecule has 0 aromatic heterocycles. The van der Waals surface area contributed by atoms with Crippen molar-refractivity contribution in [1.29, 1.82) is 0 Å². The van der Waals surface area contributed by atoms with Crippen molar-refractivity contribution in [2.75, 3.05) is 98.1 Å². The second-order valence-electron chi connectivity index (χ2n) is 9.67. The number of halogens is 3. The Labute approximate surface area is 535 Å². The van der Waals surface area contributed by atoms with Crippen molar-refractivity contribution in [2.24, 2.45) is 5.73 Å². The number of aliphatic hydroxyl groups is 1. The monoisotopic (exact) mass is 1230 g/mol. The van der Waals surface area contributed by atoms with Gasteiger partial charge in [0.1, 0.15) is 23.1 Å². The van der Waals surface area contributed by atoms with Crippen LogP contribution >= 0.6 is 83.1 Å². The average molecular weight is 1240 g/mol. The zero-order valence-corrected chi connectivity index (χ0v) is 52.7. The summed E-state index contributed by atoms with van der Waals surface area (Å²) in [5.41, 5.74) is 4.82. The molecule has 2 amide bonds. The molecule has 31 heteroatoms. The second-order valence-corrected chi connectivity index (χ2v) is 14.9.